The van der Waals surface area contributed by atoms with Gasteiger partial charge in [0.15, 0.2) is 0 Å². The lowest BCUT2D eigenvalue weighted by Crippen LogP contribution is -1.91. The first-order chi connectivity index (χ1) is 6.85. The average molecular weight is 182 g/mol. The average Bonchev–Trinajstić information content (AvgIpc) is 2.27. The molecular formula is C12H10N2. The second-order valence-corrected chi connectivity index (χ2v) is 3.14. The number of benzene rings is 1. The highest BCUT2D eigenvalue weighted by Gasteiger charge is 2.02. The third-order valence-corrected chi connectivity index (χ3v) is 2.25. The fourth-order valence-electron chi connectivity index (χ4n) is 1.50. The van der Waals surface area contributed by atoms with Crippen molar-refractivity contribution in [3.05, 3.63) is 41.6 Å². The maximum atomic E-state index is 8.98. The Bertz CT molecular complexity index is 509. The van der Waals surface area contributed by atoms with E-state index in [0.29, 0.717) is 5.56 Å². The van der Waals surface area contributed by atoms with Crippen LogP contribution in [0.25, 0.3) is 10.9 Å². The fourth-order valence-corrected chi connectivity index (χ4v) is 1.50. The Morgan fingerprint density at radius 2 is 2.14 bits per heavy atom. The minimum atomic E-state index is 0.715. The van der Waals surface area contributed by atoms with Crippen LogP contribution in [-0.4, -0.2) is 4.98 Å². The SMILES string of the molecule is CCc1cc(C#N)c2ccccc2n1. The molecule has 2 nitrogen and oxygen atoms in total. The molecule has 0 unspecified atom stereocenters. The van der Waals surface area contributed by atoms with Crippen molar-refractivity contribution < 1.29 is 0 Å². The summed E-state index contributed by atoms with van der Waals surface area (Å²) < 4.78 is 0. The van der Waals surface area contributed by atoms with E-state index in [1.165, 1.54) is 0 Å². The van der Waals surface area contributed by atoms with Crippen LogP contribution in [-0.2, 0) is 6.42 Å². The van der Waals surface area contributed by atoms with E-state index in [4.69, 9.17) is 5.26 Å². The normalized spacial score (nSPS) is 10.0. The molecule has 0 spiro atoms. The Morgan fingerprint density at radius 1 is 1.36 bits per heavy atom. The topological polar surface area (TPSA) is 36.7 Å². The molecule has 14 heavy (non-hydrogen) atoms. The quantitative estimate of drug-likeness (QED) is 0.679. The third kappa shape index (κ3) is 1.33. The summed E-state index contributed by atoms with van der Waals surface area (Å²) in [6.07, 6.45) is 0.861. The molecular weight excluding hydrogens is 172 g/mol. The molecule has 0 radical (unpaired) electrons. The van der Waals surface area contributed by atoms with Gasteiger partial charge in [0.2, 0.25) is 0 Å². The van der Waals surface area contributed by atoms with Crippen LogP contribution < -0.4 is 0 Å². The van der Waals surface area contributed by atoms with E-state index in [-0.39, 0.29) is 0 Å². The number of hydrogen-bond donors (Lipinski definition) is 0. The van der Waals surface area contributed by atoms with Gasteiger partial charge < -0.3 is 0 Å². The molecule has 0 saturated heterocycles. The number of aromatic nitrogens is 1. The molecule has 0 saturated carbocycles. The number of para-hydroxylation sites is 1. The molecule has 1 heterocycles. The van der Waals surface area contributed by atoms with Gasteiger partial charge in [0.05, 0.1) is 17.1 Å². The summed E-state index contributed by atoms with van der Waals surface area (Å²) >= 11 is 0. The third-order valence-electron chi connectivity index (χ3n) is 2.25. The van der Waals surface area contributed by atoms with Crippen LogP contribution in [0.5, 0.6) is 0 Å². The van der Waals surface area contributed by atoms with E-state index in [2.05, 4.69) is 11.1 Å². The molecule has 0 bridgehead atoms. The first-order valence-electron chi connectivity index (χ1n) is 4.64. The van der Waals surface area contributed by atoms with Gasteiger partial charge in [0, 0.05) is 11.1 Å². The molecule has 0 aliphatic heterocycles. The van der Waals surface area contributed by atoms with Crippen molar-refractivity contribution >= 4 is 10.9 Å². The zero-order chi connectivity index (χ0) is 9.97. The van der Waals surface area contributed by atoms with Crippen molar-refractivity contribution in [2.24, 2.45) is 0 Å². The molecule has 68 valence electrons. The lowest BCUT2D eigenvalue weighted by molar-refractivity contribution is 1.05. The Labute approximate surface area is 82.8 Å². The van der Waals surface area contributed by atoms with Crippen LogP contribution in [0.15, 0.2) is 30.3 Å². The summed E-state index contributed by atoms with van der Waals surface area (Å²) in [5.41, 5.74) is 2.59. The highest BCUT2D eigenvalue weighted by atomic mass is 14.7. The Balaban J connectivity index is 2.82. The molecule has 0 aliphatic rings. The molecule has 1 aromatic carbocycles. The molecule has 2 rings (SSSR count). The summed E-state index contributed by atoms with van der Waals surface area (Å²) in [4.78, 5) is 4.45. The van der Waals surface area contributed by atoms with Gasteiger partial charge in [-0.1, -0.05) is 25.1 Å². The molecule has 0 aliphatic carbocycles. The number of pyridine rings is 1. The number of aryl methyl sites for hydroxylation is 1. The van der Waals surface area contributed by atoms with E-state index < -0.39 is 0 Å². The van der Waals surface area contributed by atoms with Crippen LogP contribution in [0.4, 0.5) is 0 Å². The van der Waals surface area contributed by atoms with Gasteiger partial charge in [0.1, 0.15) is 0 Å². The summed E-state index contributed by atoms with van der Waals surface area (Å²) in [6.45, 7) is 2.04. The largest absolute Gasteiger partial charge is 0.253 e. The van der Waals surface area contributed by atoms with Gasteiger partial charge in [0.25, 0.3) is 0 Å². The van der Waals surface area contributed by atoms with Crippen LogP contribution in [0.1, 0.15) is 18.2 Å². The zero-order valence-corrected chi connectivity index (χ0v) is 7.99. The molecule has 2 aromatic rings. The summed E-state index contributed by atoms with van der Waals surface area (Å²) in [5.74, 6) is 0. The fraction of sp³-hybridized carbons (Fsp3) is 0.167. The van der Waals surface area contributed by atoms with E-state index in [1.807, 2.05) is 37.3 Å². The predicted molar refractivity (Wildman–Crippen MR) is 55.8 cm³/mol. The van der Waals surface area contributed by atoms with Gasteiger partial charge in [-0.05, 0) is 18.6 Å². The van der Waals surface area contributed by atoms with Crippen molar-refractivity contribution in [3.63, 3.8) is 0 Å². The summed E-state index contributed by atoms with van der Waals surface area (Å²) in [6, 6.07) is 11.8. The van der Waals surface area contributed by atoms with E-state index in [9.17, 15) is 0 Å². The lowest BCUT2D eigenvalue weighted by atomic mass is 10.1. The molecule has 0 amide bonds. The van der Waals surface area contributed by atoms with Crippen LogP contribution >= 0.6 is 0 Å². The highest BCUT2D eigenvalue weighted by Crippen LogP contribution is 2.17. The highest BCUT2D eigenvalue weighted by molar-refractivity contribution is 5.84. The minimum absolute atomic E-state index is 0.715. The first-order valence-corrected chi connectivity index (χ1v) is 4.64. The number of fused-ring (bicyclic) bond motifs is 1. The van der Waals surface area contributed by atoms with Crippen molar-refractivity contribution in [1.82, 2.24) is 4.98 Å². The van der Waals surface area contributed by atoms with Gasteiger partial charge >= 0.3 is 0 Å². The van der Waals surface area contributed by atoms with E-state index >= 15 is 0 Å². The summed E-state index contributed by atoms with van der Waals surface area (Å²) in [5, 5.41) is 9.92. The Hall–Kier alpha value is -1.88. The molecule has 2 heteroatoms. The number of hydrogen-bond acceptors (Lipinski definition) is 2. The van der Waals surface area contributed by atoms with Crippen LogP contribution in [0.2, 0.25) is 0 Å². The van der Waals surface area contributed by atoms with Gasteiger partial charge in [-0.2, -0.15) is 5.26 Å². The molecule has 0 fully saturated rings. The first kappa shape index (κ1) is 8.71. The van der Waals surface area contributed by atoms with Crippen molar-refractivity contribution in [2.45, 2.75) is 13.3 Å². The van der Waals surface area contributed by atoms with Crippen LogP contribution in [0, 0.1) is 11.3 Å². The van der Waals surface area contributed by atoms with Crippen molar-refractivity contribution in [2.75, 3.05) is 0 Å². The molecule has 0 N–H and O–H groups in total. The number of nitriles is 1. The number of nitrogens with zero attached hydrogens (tertiary/aromatic N) is 2. The number of rotatable bonds is 1. The van der Waals surface area contributed by atoms with Gasteiger partial charge in [-0.3, -0.25) is 4.98 Å². The van der Waals surface area contributed by atoms with Gasteiger partial charge in [-0.25, -0.2) is 0 Å². The standard InChI is InChI=1S/C12H10N2/c1-2-10-7-9(8-13)11-5-3-4-6-12(11)14-10/h3-7H,2H2,1H3. The smallest absolute Gasteiger partial charge is 0.0999 e. The zero-order valence-electron chi connectivity index (χ0n) is 7.99. The molecule has 0 atom stereocenters. The maximum Gasteiger partial charge on any atom is 0.0999 e. The van der Waals surface area contributed by atoms with Crippen molar-refractivity contribution in [1.29, 1.82) is 5.26 Å². The van der Waals surface area contributed by atoms with Gasteiger partial charge in [-0.15, -0.1) is 0 Å². The predicted octanol–water partition coefficient (Wildman–Crippen LogP) is 2.67. The van der Waals surface area contributed by atoms with E-state index in [1.54, 1.807) is 0 Å². The second kappa shape index (κ2) is 3.47. The van der Waals surface area contributed by atoms with E-state index in [0.717, 1.165) is 23.0 Å². The second-order valence-electron chi connectivity index (χ2n) is 3.14. The summed E-state index contributed by atoms with van der Waals surface area (Å²) in [7, 11) is 0. The maximum absolute atomic E-state index is 8.98. The lowest BCUT2D eigenvalue weighted by Gasteiger charge is -2.02. The monoisotopic (exact) mass is 182 g/mol. The van der Waals surface area contributed by atoms with Crippen molar-refractivity contribution in [3.8, 4) is 6.07 Å². The van der Waals surface area contributed by atoms with Crippen LogP contribution in [0.3, 0.4) is 0 Å². The Kier molecular flexibility index (Phi) is 2.16. The molecule has 1 aromatic heterocycles. The Morgan fingerprint density at radius 3 is 2.86 bits per heavy atom. The minimum Gasteiger partial charge on any atom is -0.253 e.